The Morgan fingerprint density at radius 3 is 2.28 bits per heavy atom. The van der Waals surface area contributed by atoms with Crippen LogP contribution in [0, 0.1) is 6.92 Å². The third kappa shape index (κ3) is 4.74. The molecule has 0 spiro atoms. The van der Waals surface area contributed by atoms with E-state index in [-0.39, 0.29) is 11.5 Å². The maximum atomic E-state index is 13.4. The average Bonchev–Trinajstić information content (AvgIpc) is 2.92. The number of hydrogen-bond acceptors (Lipinski definition) is 4. The van der Waals surface area contributed by atoms with Gasteiger partial charge in [-0.1, -0.05) is 54.6 Å². The second-order valence-electron chi connectivity index (χ2n) is 8.53. The van der Waals surface area contributed by atoms with Crippen LogP contribution in [-0.4, -0.2) is 22.6 Å². The summed E-state index contributed by atoms with van der Waals surface area (Å²) in [5.74, 6) is 1.04. The first-order valence-electron chi connectivity index (χ1n) is 11.6. The number of carbonyl (C=O) groups is 1. The molecule has 0 aliphatic rings. The molecule has 5 rings (SSSR count). The number of rotatable bonds is 6. The van der Waals surface area contributed by atoms with Gasteiger partial charge in [0.1, 0.15) is 11.6 Å². The number of nitrogens with zero attached hydrogens (tertiary/aromatic N) is 2. The molecule has 1 amide bonds. The number of hydrogen-bond donors (Lipinski definition) is 1. The molecule has 0 unspecified atom stereocenters. The lowest BCUT2D eigenvalue weighted by molar-refractivity contribution is 0.102. The molecule has 1 N–H and O–H groups in total. The summed E-state index contributed by atoms with van der Waals surface area (Å²) in [4.78, 5) is 30.7. The minimum Gasteiger partial charge on any atom is -0.497 e. The van der Waals surface area contributed by atoms with Crippen molar-refractivity contribution in [3.8, 4) is 16.9 Å². The summed E-state index contributed by atoms with van der Waals surface area (Å²) < 4.78 is 6.80. The first-order valence-corrected chi connectivity index (χ1v) is 11.6. The van der Waals surface area contributed by atoms with Gasteiger partial charge in [-0.25, -0.2) is 4.98 Å². The maximum absolute atomic E-state index is 13.4. The van der Waals surface area contributed by atoms with Gasteiger partial charge in [0, 0.05) is 11.3 Å². The van der Waals surface area contributed by atoms with Gasteiger partial charge < -0.3 is 10.1 Å². The van der Waals surface area contributed by atoms with Gasteiger partial charge in [0.25, 0.3) is 11.5 Å². The first-order chi connectivity index (χ1) is 17.5. The Balaban J connectivity index is 1.41. The molecule has 1 aromatic heterocycles. The summed E-state index contributed by atoms with van der Waals surface area (Å²) in [6.07, 6.45) is 0. The molecule has 4 aromatic carbocycles. The molecule has 1 heterocycles. The highest BCUT2D eigenvalue weighted by atomic mass is 16.5. The standard InChI is InChI=1S/C30H25N3O3/c1-20-31-28-17-14-25(32-29(34)24-12-15-26(36-2)16-13-24)18-27(28)30(35)33(20)19-21-8-10-23(11-9-21)22-6-4-3-5-7-22/h3-18H,19H2,1-2H3,(H,32,34). The predicted octanol–water partition coefficient (Wildman–Crippen LogP) is 5.68. The summed E-state index contributed by atoms with van der Waals surface area (Å²) in [5, 5.41) is 3.32. The number of aromatic nitrogens is 2. The monoisotopic (exact) mass is 475 g/mol. The Morgan fingerprint density at radius 2 is 1.58 bits per heavy atom. The Kier molecular flexibility index (Phi) is 6.33. The number of amides is 1. The number of anilines is 1. The number of carbonyl (C=O) groups excluding carboxylic acids is 1. The van der Waals surface area contributed by atoms with E-state index in [1.54, 1.807) is 54.1 Å². The summed E-state index contributed by atoms with van der Waals surface area (Å²) in [5.41, 5.74) is 4.75. The Morgan fingerprint density at radius 1 is 0.889 bits per heavy atom. The van der Waals surface area contributed by atoms with Crippen LogP contribution < -0.4 is 15.6 Å². The molecule has 36 heavy (non-hydrogen) atoms. The van der Waals surface area contributed by atoms with E-state index in [0.717, 1.165) is 16.7 Å². The summed E-state index contributed by atoms with van der Waals surface area (Å²) in [6, 6.07) is 30.4. The van der Waals surface area contributed by atoms with E-state index in [4.69, 9.17) is 4.74 Å². The molecular weight excluding hydrogens is 450 g/mol. The molecule has 0 aliphatic carbocycles. The van der Waals surface area contributed by atoms with Gasteiger partial charge in [0.15, 0.2) is 0 Å². The van der Waals surface area contributed by atoms with E-state index < -0.39 is 0 Å². The van der Waals surface area contributed by atoms with Gasteiger partial charge in [-0.3, -0.25) is 14.2 Å². The van der Waals surface area contributed by atoms with Crippen LogP contribution in [0.4, 0.5) is 5.69 Å². The van der Waals surface area contributed by atoms with Gasteiger partial charge in [-0.05, 0) is 66.1 Å². The van der Waals surface area contributed by atoms with Crippen LogP contribution in [0.3, 0.4) is 0 Å². The van der Waals surface area contributed by atoms with Gasteiger partial charge in [-0.2, -0.15) is 0 Å². The average molecular weight is 476 g/mol. The summed E-state index contributed by atoms with van der Waals surface area (Å²) in [6.45, 7) is 2.24. The lowest BCUT2D eigenvalue weighted by Crippen LogP contribution is -2.24. The zero-order chi connectivity index (χ0) is 25.1. The van der Waals surface area contributed by atoms with Gasteiger partial charge in [0.05, 0.1) is 24.6 Å². The molecule has 6 nitrogen and oxygen atoms in total. The zero-order valence-electron chi connectivity index (χ0n) is 20.1. The Hall–Kier alpha value is -4.71. The second-order valence-corrected chi connectivity index (χ2v) is 8.53. The van der Waals surface area contributed by atoms with Crippen LogP contribution in [0.1, 0.15) is 21.7 Å². The fourth-order valence-corrected chi connectivity index (χ4v) is 4.16. The number of aryl methyl sites for hydroxylation is 1. The normalized spacial score (nSPS) is 10.8. The largest absolute Gasteiger partial charge is 0.497 e. The van der Waals surface area contributed by atoms with Crippen molar-refractivity contribution < 1.29 is 9.53 Å². The van der Waals surface area contributed by atoms with Crippen LogP contribution in [0.5, 0.6) is 5.75 Å². The molecule has 178 valence electrons. The number of benzene rings is 4. The number of fused-ring (bicyclic) bond motifs is 1. The van der Waals surface area contributed by atoms with Crippen LogP contribution in [0.15, 0.2) is 102 Å². The number of methoxy groups -OCH3 is 1. The Labute approximate surface area is 208 Å². The molecule has 0 atom stereocenters. The van der Waals surface area contributed by atoms with Gasteiger partial charge in [-0.15, -0.1) is 0 Å². The number of ether oxygens (including phenoxy) is 1. The summed E-state index contributed by atoms with van der Waals surface area (Å²) in [7, 11) is 1.58. The van der Waals surface area contributed by atoms with Crippen molar-refractivity contribution in [3.63, 3.8) is 0 Å². The molecule has 0 saturated heterocycles. The van der Waals surface area contributed by atoms with E-state index in [2.05, 4.69) is 34.6 Å². The lowest BCUT2D eigenvalue weighted by atomic mass is 10.0. The topological polar surface area (TPSA) is 73.2 Å². The predicted molar refractivity (Wildman–Crippen MR) is 143 cm³/mol. The van der Waals surface area contributed by atoms with Crippen molar-refractivity contribution in [1.29, 1.82) is 0 Å². The van der Waals surface area contributed by atoms with Crippen molar-refractivity contribution in [2.75, 3.05) is 12.4 Å². The van der Waals surface area contributed by atoms with Crippen molar-refractivity contribution in [2.45, 2.75) is 13.5 Å². The highest BCUT2D eigenvalue weighted by Crippen LogP contribution is 2.21. The minimum absolute atomic E-state index is 0.148. The van der Waals surface area contributed by atoms with Crippen LogP contribution in [0.25, 0.3) is 22.0 Å². The van der Waals surface area contributed by atoms with E-state index >= 15 is 0 Å². The second kappa shape index (κ2) is 9.88. The highest BCUT2D eigenvalue weighted by Gasteiger charge is 2.12. The van der Waals surface area contributed by atoms with Crippen molar-refractivity contribution in [1.82, 2.24) is 9.55 Å². The third-order valence-corrected chi connectivity index (χ3v) is 6.16. The molecule has 0 aliphatic heterocycles. The van der Waals surface area contributed by atoms with Crippen LogP contribution in [-0.2, 0) is 6.54 Å². The van der Waals surface area contributed by atoms with Crippen molar-refractivity contribution in [3.05, 3.63) is 124 Å². The SMILES string of the molecule is COc1ccc(C(=O)Nc2ccc3nc(C)n(Cc4ccc(-c5ccccc5)cc4)c(=O)c3c2)cc1. The number of nitrogens with one attached hydrogen (secondary N) is 1. The fourth-order valence-electron chi connectivity index (χ4n) is 4.16. The lowest BCUT2D eigenvalue weighted by Gasteiger charge is -2.13. The van der Waals surface area contributed by atoms with E-state index in [1.807, 2.05) is 37.3 Å². The molecular formula is C30H25N3O3. The highest BCUT2D eigenvalue weighted by molar-refractivity contribution is 6.05. The van der Waals surface area contributed by atoms with E-state index in [0.29, 0.717) is 40.3 Å². The first kappa shape index (κ1) is 23.1. The van der Waals surface area contributed by atoms with E-state index in [9.17, 15) is 9.59 Å². The summed E-state index contributed by atoms with van der Waals surface area (Å²) >= 11 is 0. The zero-order valence-corrected chi connectivity index (χ0v) is 20.1. The quantitative estimate of drug-likeness (QED) is 0.343. The molecule has 0 fully saturated rings. The molecule has 0 radical (unpaired) electrons. The van der Waals surface area contributed by atoms with Crippen LogP contribution in [0.2, 0.25) is 0 Å². The Bertz CT molecular complexity index is 1590. The fraction of sp³-hybridized carbons (Fsp3) is 0.100. The maximum Gasteiger partial charge on any atom is 0.261 e. The molecule has 0 bridgehead atoms. The molecule has 0 saturated carbocycles. The smallest absolute Gasteiger partial charge is 0.261 e. The van der Waals surface area contributed by atoms with Crippen molar-refractivity contribution in [2.24, 2.45) is 0 Å². The minimum atomic E-state index is -0.268. The molecule has 5 aromatic rings. The van der Waals surface area contributed by atoms with E-state index in [1.165, 1.54) is 0 Å². The van der Waals surface area contributed by atoms with Gasteiger partial charge in [0.2, 0.25) is 0 Å². The van der Waals surface area contributed by atoms with Crippen molar-refractivity contribution >= 4 is 22.5 Å². The molecule has 6 heteroatoms. The van der Waals surface area contributed by atoms with Crippen LogP contribution >= 0.6 is 0 Å². The third-order valence-electron chi connectivity index (χ3n) is 6.16. The van der Waals surface area contributed by atoms with Gasteiger partial charge >= 0.3 is 0 Å².